The number of aromatic nitrogens is 2. The van der Waals surface area contributed by atoms with Crippen LogP contribution in [0.2, 0.25) is 0 Å². The molecule has 3 rings (SSSR count). The zero-order valence-corrected chi connectivity index (χ0v) is 20.1. The summed E-state index contributed by atoms with van der Waals surface area (Å²) < 4.78 is 3.85. The van der Waals surface area contributed by atoms with Crippen molar-refractivity contribution in [2.24, 2.45) is 14.1 Å². The Morgan fingerprint density at radius 1 is 0.679 bits per heavy atom. The Kier molecular flexibility index (Phi) is 9.88. The van der Waals surface area contributed by atoms with Crippen LogP contribution in [0.25, 0.3) is 0 Å². The Labute approximate surface area is 199 Å². The molecule has 0 N–H and O–H groups in total. The molecule has 146 valence electrons. The number of halogens is 2. The van der Waals surface area contributed by atoms with E-state index in [0.717, 1.165) is 11.1 Å². The fraction of sp³-hybridized carbons (Fsp3) is 0.182. The molecular formula is C22H22I2N2O2. The molecule has 0 unspecified atom stereocenters. The highest BCUT2D eigenvalue weighted by atomic mass is 127. The molecule has 6 heteroatoms. The van der Waals surface area contributed by atoms with Crippen molar-refractivity contribution in [2.45, 2.75) is 12.8 Å². The SMILES string of the molecule is C[n+]1cccc(CC(=O)c2ccc(C(=O)Cc3ccc[n+](C)c3)cc2)c1.[I-].[I-]. The van der Waals surface area contributed by atoms with Gasteiger partial charge in [0.05, 0.1) is 0 Å². The number of pyridine rings is 2. The van der Waals surface area contributed by atoms with Crippen LogP contribution in [0.3, 0.4) is 0 Å². The van der Waals surface area contributed by atoms with Gasteiger partial charge in [-0.2, -0.15) is 0 Å². The highest BCUT2D eigenvalue weighted by molar-refractivity contribution is 6.00. The topological polar surface area (TPSA) is 41.9 Å². The zero-order chi connectivity index (χ0) is 18.5. The summed E-state index contributed by atoms with van der Waals surface area (Å²) in [7, 11) is 3.86. The van der Waals surface area contributed by atoms with Gasteiger partial charge in [-0.15, -0.1) is 0 Å². The van der Waals surface area contributed by atoms with Crippen LogP contribution in [0, 0.1) is 0 Å². The van der Waals surface area contributed by atoms with E-state index in [1.807, 2.05) is 72.3 Å². The first-order valence-corrected chi connectivity index (χ1v) is 8.56. The first-order valence-electron chi connectivity index (χ1n) is 8.56. The van der Waals surface area contributed by atoms with Crippen molar-refractivity contribution in [1.29, 1.82) is 0 Å². The molecule has 0 atom stereocenters. The second-order valence-corrected chi connectivity index (χ2v) is 6.53. The Morgan fingerprint density at radius 3 is 1.36 bits per heavy atom. The van der Waals surface area contributed by atoms with Crippen LogP contribution in [0.4, 0.5) is 0 Å². The average Bonchev–Trinajstić information content (AvgIpc) is 2.62. The maximum atomic E-state index is 12.4. The van der Waals surface area contributed by atoms with Gasteiger partial charge in [0.1, 0.15) is 14.1 Å². The summed E-state index contributed by atoms with van der Waals surface area (Å²) in [4.78, 5) is 24.9. The number of hydrogen-bond donors (Lipinski definition) is 0. The lowest BCUT2D eigenvalue weighted by molar-refractivity contribution is -0.672. The van der Waals surface area contributed by atoms with Crippen LogP contribution in [0.5, 0.6) is 0 Å². The third-order valence-corrected chi connectivity index (χ3v) is 4.26. The fourth-order valence-electron chi connectivity index (χ4n) is 2.93. The molecule has 0 saturated heterocycles. The monoisotopic (exact) mass is 600 g/mol. The lowest BCUT2D eigenvalue weighted by Crippen LogP contribution is -3.00. The molecule has 2 heterocycles. The van der Waals surface area contributed by atoms with Crippen LogP contribution < -0.4 is 57.1 Å². The summed E-state index contributed by atoms with van der Waals surface area (Å²) >= 11 is 0. The summed E-state index contributed by atoms with van der Waals surface area (Å²) in [6, 6.07) is 14.7. The largest absolute Gasteiger partial charge is 1.00 e. The lowest BCUT2D eigenvalue weighted by Gasteiger charge is -2.04. The lowest BCUT2D eigenvalue weighted by atomic mass is 9.99. The van der Waals surface area contributed by atoms with E-state index in [-0.39, 0.29) is 59.5 Å². The molecule has 2 aromatic heterocycles. The molecule has 0 radical (unpaired) electrons. The maximum Gasteiger partial charge on any atom is 0.172 e. The summed E-state index contributed by atoms with van der Waals surface area (Å²) in [5.41, 5.74) is 3.19. The first kappa shape index (κ1) is 24.4. The standard InChI is InChI=1S/C22H22N2O2.2HI/c1-23-11-3-5-17(15-23)13-21(25)19-7-9-20(10-8-19)22(26)14-18-6-4-12-24(2)16-18;;/h3-12,15-16H,13-14H2,1-2H3;2*1H/q+2;;/p-2. The molecule has 0 spiro atoms. The minimum atomic E-state index is 0. The van der Waals surface area contributed by atoms with Gasteiger partial charge in [-0.25, -0.2) is 9.13 Å². The van der Waals surface area contributed by atoms with Gasteiger partial charge < -0.3 is 48.0 Å². The number of aryl methyl sites for hydroxylation is 2. The van der Waals surface area contributed by atoms with Crippen molar-refractivity contribution in [3.63, 3.8) is 0 Å². The van der Waals surface area contributed by atoms with Gasteiger partial charge in [0.15, 0.2) is 36.4 Å². The van der Waals surface area contributed by atoms with Crippen LogP contribution in [0.1, 0.15) is 31.8 Å². The fourth-order valence-corrected chi connectivity index (χ4v) is 2.93. The van der Waals surface area contributed by atoms with Crippen molar-refractivity contribution < 1.29 is 66.7 Å². The molecule has 0 amide bonds. The Hall–Kier alpha value is -1.68. The maximum absolute atomic E-state index is 12.4. The number of hydrogen-bond acceptors (Lipinski definition) is 2. The van der Waals surface area contributed by atoms with E-state index in [1.54, 1.807) is 24.3 Å². The third kappa shape index (κ3) is 6.73. The molecule has 0 bridgehead atoms. The van der Waals surface area contributed by atoms with Gasteiger partial charge in [0.2, 0.25) is 0 Å². The van der Waals surface area contributed by atoms with Crippen LogP contribution in [0.15, 0.2) is 73.3 Å². The molecule has 3 aromatic rings. The predicted octanol–water partition coefficient (Wildman–Crippen LogP) is -3.81. The summed E-state index contributed by atoms with van der Waals surface area (Å²) in [6.07, 6.45) is 8.44. The molecule has 0 aliphatic heterocycles. The smallest absolute Gasteiger partial charge is 0.172 e. The Bertz CT molecular complexity index is 878. The van der Waals surface area contributed by atoms with E-state index in [1.165, 1.54) is 0 Å². The second kappa shape index (κ2) is 11.4. The summed E-state index contributed by atoms with van der Waals surface area (Å²) in [5.74, 6) is 0.0931. The minimum absolute atomic E-state index is 0. The van der Waals surface area contributed by atoms with Crippen molar-refractivity contribution >= 4 is 11.6 Å². The highest BCUT2D eigenvalue weighted by Crippen LogP contribution is 2.11. The van der Waals surface area contributed by atoms with Crippen LogP contribution in [-0.4, -0.2) is 11.6 Å². The van der Waals surface area contributed by atoms with Gasteiger partial charge in [-0.3, -0.25) is 9.59 Å². The third-order valence-electron chi connectivity index (χ3n) is 4.26. The molecule has 0 aliphatic rings. The van der Waals surface area contributed by atoms with Crippen LogP contribution >= 0.6 is 0 Å². The number of rotatable bonds is 6. The summed E-state index contributed by atoms with van der Waals surface area (Å²) in [5, 5.41) is 0. The molecule has 0 aliphatic carbocycles. The number of carbonyl (C=O) groups excluding carboxylic acids is 2. The molecule has 0 fully saturated rings. The molecule has 28 heavy (non-hydrogen) atoms. The Morgan fingerprint density at radius 2 is 1.04 bits per heavy atom. The average molecular weight is 600 g/mol. The van der Waals surface area contributed by atoms with Crippen molar-refractivity contribution in [3.8, 4) is 0 Å². The van der Waals surface area contributed by atoms with E-state index in [0.29, 0.717) is 24.0 Å². The van der Waals surface area contributed by atoms with Crippen LogP contribution in [-0.2, 0) is 26.9 Å². The Balaban J connectivity index is 0.00000196. The van der Waals surface area contributed by atoms with Gasteiger partial charge in [-0.05, 0) is 12.1 Å². The van der Waals surface area contributed by atoms with E-state index >= 15 is 0 Å². The first-order chi connectivity index (χ1) is 12.5. The van der Waals surface area contributed by atoms with E-state index < -0.39 is 0 Å². The molecule has 1 aromatic carbocycles. The molecule has 0 saturated carbocycles. The normalized spacial score (nSPS) is 9.79. The summed E-state index contributed by atoms with van der Waals surface area (Å²) in [6.45, 7) is 0. The van der Waals surface area contributed by atoms with Gasteiger partial charge in [-0.1, -0.05) is 24.3 Å². The van der Waals surface area contributed by atoms with Gasteiger partial charge in [0, 0.05) is 47.2 Å². The number of nitrogens with zero attached hydrogens (tertiary/aromatic N) is 2. The highest BCUT2D eigenvalue weighted by Gasteiger charge is 2.12. The number of ketones is 2. The van der Waals surface area contributed by atoms with E-state index in [2.05, 4.69) is 0 Å². The number of carbonyl (C=O) groups is 2. The van der Waals surface area contributed by atoms with E-state index in [4.69, 9.17) is 0 Å². The van der Waals surface area contributed by atoms with Crippen molar-refractivity contribution in [3.05, 3.63) is 95.6 Å². The molecule has 4 nitrogen and oxygen atoms in total. The van der Waals surface area contributed by atoms with E-state index in [9.17, 15) is 9.59 Å². The quantitative estimate of drug-likeness (QED) is 0.166. The van der Waals surface area contributed by atoms with Crippen molar-refractivity contribution in [2.75, 3.05) is 0 Å². The van der Waals surface area contributed by atoms with Gasteiger partial charge in [0.25, 0.3) is 0 Å². The molecular weight excluding hydrogens is 578 g/mol. The van der Waals surface area contributed by atoms with Gasteiger partial charge >= 0.3 is 0 Å². The zero-order valence-electron chi connectivity index (χ0n) is 15.8. The predicted molar refractivity (Wildman–Crippen MR) is 97.7 cm³/mol. The number of Topliss-reactive ketones (excluding diaryl/α,β-unsaturated/α-hetero) is 2. The van der Waals surface area contributed by atoms with Crippen molar-refractivity contribution in [1.82, 2.24) is 0 Å². The second-order valence-electron chi connectivity index (χ2n) is 6.53. The minimum Gasteiger partial charge on any atom is -1.00 e. The number of benzene rings is 1.